The number of amides is 3. The lowest BCUT2D eigenvalue weighted by Gasteiger charge is -2.14. The van der Waals surface area contributed by atoms with Gasteiger partial charge in [-0.25, -0.2) is 14.8 Å². The number of nitrogens with zero attached hydrogens (tertiary/aromatic N) is 4. The lowest BCUT2D eigenvalue weighted by atomic mass is 10.1. The van der Waals surface area contributed by atoms with E-state index in [1.165, 1.54) is 11.3 Å². The first-order valence-corrected chi connectivity index (χ1v) is 13.7. The predicted molar refractivity (Wildman–Crippen MR) is 158 cm³/mol. The van der Waals surface area contributed by atoms with Crippen molar-refractivity contribution in [3.8, 4) is 11.3 Å². The molecule has 0 aliphatic heterocycles. The standard InChI is InChI=1S/C28H26BrN7O2S/c1-35-16-20(21-5-3-4-6-23(21)35)17-36(2)26(37)12-9-18-7-10-19(11-8-18)22-13-30-25(33-22)15-31-27(38)34-28-32-14-24(29)39-28/h3-14,16H,15,17H2,1-2H3,(H,30,33)(H2,31,32,34,38)/b12-9+. The van der Waals surface area contributed by atoms with Crippen LogP contribution < -0.4 is 10.6 Å². The molecule has 198 valence electrons. The van der Waals surface area contributed by atoms with E-state index in [0.29, 0.717) is 17.5 Å². The van der Waals surface area contributed by atoms with Crippen molar-refractivity contribution < 1.29 is 9.59 Å². The number of carbonyl (C=O) groups excluding carboxylic acids is 2. The summed E-state index contributed by atoms with van der Waals surface area (Å²) >= 11 is 4.65. The Labute approximate surface area is 237 Å². The zero-order valence-corrected chi connectivity index (χ0v) is 23.7. The second-order valence-electron chi connectivity index (χ2n) is 8.95. The number of H-pyrrole nitrogens is 1. The summed E-state index contributed by atoms with van der Waals surface area (Å²) in [5.74, 6) is 0.563. The van der Waals surface area contributed by atoms with Crippen molar-refractivity contribution >= 4 is 61.3 Å². The number of imidazole rings is 1. The van der Waals surface area contributed by atoms with Crippen molar-refractivity contribution in [3.05, 3.63) is 93.9 Å². The first kappa shape index (κ1) is 26.4. The Balaban J connectivity index is 1.14. The number of fused-ring (bicyclic) bond motifs is 1. The Morgan fingerprint density at radius 3 is 2.69 bits per heavy atom. The molecule has 3 amide bonds. The first-order valence-electron chi connectivity index (χ1n) is 12.1. The number of urea groups is 1. The number of aromatic amines is 1. The van der Waals surface area contributed by atoms with Gasteiger partial charge in [0, 0.05) is 43.8 Å². The Morgan fingerprint density at radius 2 is 1.92 bits per heavy atom. The molecule has 5 aromatic rings. The van der Waals surface area contributed by atoms with Crippen molar-refractivity contribution in [1.82, 2.24) is 29.7 Å². The average Bonchev–Trinajstić information content (AvgIpc) is 3.66. The molecule has 3 aromatic heterocycles. The van der Waals surface area contributed by atoms with Crippen LogP contribution in [0.4, 0.5) is 9.93 Å². The fraction of sp³-hybridized carbons (Fsp3) is 0.143. The van der Waals surface area contributed by atoms with E-state index in [9.17, 15) is 9.59 Å². The number of nitrogens with one attached hydrogen (secondary N) is 3. The number of aromatic nitrogens is 4. The van der Waals surface area contributed by atoms with E-state index in [1.54, 1.807) is 23.4 Å². The molecule has 0 saturated carbocycles. The van der Waals surface area contributed by atoms with Gasteiger partial charge in [-0.3, -0.25) is 10.1 Å². The summed E-state index contributed by atoms with van der Waals surface area (Å²) in [5.41, 5.74) is 4.96. The minimum absolute atomic E-state index is 0.0655. The van der Waals surface area contributed by atoms with E-state index < -0.39 is 0 Å². The quantitative estimate of drug-likeness (QED) is 0.195. The highest BCUT2D eigenvalue weighted by Crippen LogP contribution is 2.23. The van der Waals surface area contributed by atoms with Gasteiger partial charge in [-0.15, -0.1) is 0 Å². The van der Waals surface area contributed by atoms with Gasteiger partial charge in [-0.1, -0.05) is 53.8 Å². The molecule has 0 aliphatic carbocycles. The van der Waals surface area contributed by atoms with Crippen LogP contribution in [-0.2, 0) is 24.9 Å². The van der Waals surface area contributed by atoms with Crippen molar-refractivity contribution in [2.45, 2.75) is 13.1 Å². The van der Waals surface area contributed by atoms with Crippen LogP contribution in [0.25, 0.3) is 28.2 Å². The molecule has 2 aromatic carbocycles. The molecule has 3 heterocycles. The monoisotopic (exact) mass is 603 g/mol. The smallest absolute Gasteiger partial charge is 0.321 e. The average molecular weight is 605 g/mol. The van der Waals surface area contributed by atoms with E-state index in [-0.39, 0.29) is 18.5 Å². The van der Waals surface area contributed by atoms with Crippen LogP contribution in [-0.4, -0.2) is 43.4 Å². The molecule has 0 bridgehead atoms. The number of halogens is 1. The van der Waals surface area contributed by atoms with E-state index >= 15 is 0 Å². The summed E-state index contributed by atoms with van der Waals surface area (Å²) in [6, 6.07) is 15.6. The van der Waals surface area contributed by atoms with Crippen molar-refractivity contribution in [3.63, 3.8) is 0 Å². The minimum atomic E-state index is -0.358. The number of hydrogen-bond acceptors (Lipinski definition) is 5. The fourth-order valence-electron chi connectivity index (χ4n) is 4.17. The molecule has 0 unspecified atom stereocenters. The lowest BCUT2D eigenvalue weighted by Crippen LogP contribution is -2.28. The maximum atomic E-state index is 12.7. The summed E-state index contributed by atoms with van der Waals surface area (Å²) in [4.78, 5) is 38.2. The first-order chi connectivity index (χ1) is 18.9. The number of hydrogen-bond donors (Lipinski definition) is 3. The molecular formula is C28H26BrN7O2S. The van der Waals surface area contributed by atoms with Crippen LogP contribution in [0.2, 0.25) is 0 Å². The van der Waals surface area contributed by atoms with Gasteiger partial charge in [0.1, 0.15) is 5.82 Å². The zero-order valence-electron chi connectivity index (χ0n) is 21.3. The van der Waals surface area contributed by atoms with E-state index in [2.05, 4.69) is 64.4 Å². The molecule has 0 spiro atoms. The highest BCUT2D eigenvalue weighted by atomic mass is 79.9. The van der Waals surface area contributed by atoms with Gasteiger partial charge in [0.15, 0.2) is 5.13 Å². The Kier molecular flexibility index (Phi) is 7.89. The third kappa shape index (κ3) is 6.44. The Morgan fingerprint density at radius 1 is 1.13 bits per heavy atom. The van der Waals surface area contributed by atoms with Crippen molar-refractivity contribution in [2.24, 2.45) is 7.05 Å². The number of carbonyl (C=O) groups is 2. The molecule has 5 rings (SSSR count). The van der Waals surface area contributed by atoms with Crippen LogP contribution in [0.15, 0.2) is 77.0 Å². The Hall–Kier alpha value is -4.22. The van der Waals surface area contributed by atoms with E-state index in [0.717, 1.165) is 37.1 Å². The van der Waals surface area contributed by atoms with Gasteiger partial charge < -0.3 is 19.8 Å². The topological polar surface area (TPSA) is 108 Å². The molecular weight excluding hydrogens is 578 g/mol. The largest absolute Gasteiger partial charge is 0.350 e. The van der Waals surface area contributed by atoms with Crippen LogP contribution >= 0.6 is 27.3 Å². The molecule has 0 aliphatic rings. The number of anilines is 1. The second kappa shape index (κ2) is 11.7. The maximum Gasteiger partial charge on any atom is 0.321 e. The van der Waals surface area contributed by atoms with Crippen LogP contribution in [0.3, 0.4) is 0 Å². The molecule has 39 heavy (non-hydrogen) atoms. The van der Waals surface area contributed by atoms with Gasteiger partial charge in [0.05, 0.1) is 28.4 Å². The summed E-state index contributed by atoms with van der Waals surface area (Å²) in [5, 5.41) is 7.09. The summed E-state index contributed by atoms with van der Waals surface area (Å²) in [6.45, 7) is 0.776. The maximum absolute atomic E-state index is 12.7. The second-order valence-corrected chi connectivity index (χ2v) is 11.4. The highest BCUT2D eigenvalue weighted by Gasteiger charge is 2.12. The normalized spacial score (nSPS) is 11.3. The number of thiazole rings is 1. The van der Waals surface area contributed by atoms with Crippen LogP contribution in [0, 0.1) is 0 Å². The third-order valence-electron chi connectivity index (χ3n) is 6.15. The van der Waals surface area contributed by atoms with Crippen molar-refractivity contribution in [2.75, 3.05) is 12.4 Å². The minimum Gasteiger partial charge on any atom is -0.350 e. The molecule has 0 saturated heterocycles. The fourth-order valence-corrected chi connectivity index (χ4v) is 5.27. The van der Waals surface area contributed by atoms with Crippen LogP contribution in [0.1, 0.15) is 17.0 Å². The predicted octanol–water partition coefficient (Wildman–Crippen LogP) is 5.78. The molecule has 9 nitrogen and oxygen atoms in total. The summed E-state index contributed by atoms with van der Waals surface area (Å²) in [6.07, 6.45) is 8.83. The molecule has 0 fully saturated rings. The number of likely N-dealkylation sites (N-methyl/N-ethyl adjacent to an activating group) is 1. The van der Waals surface area contributed by atoms with Gasteiger partial charge in [-0.05, 0) is 44.8 Å². The molecule has 11 heteroatoms. The SMILES string of the molecule is CN(Cc1cn(C)c2ccccc12)C(=O)/C=C/c1ccc(-c2cnc(CNC(=O)Nc3ncc(Br)s3)[nH]2)cc1. The third-order valence-corrected chi connectivity index (χ3v) is 7.54. The highest BCUT2D eigenvalue weighted by molar-refractivity contribution is 9.11. The summed E-state index contributed by atoms with van der Waals surface area (Å²) < 4.78 is 2.92. The van der Waals surface area contributed by atoms with E-state index in [4.69, 9.17) is 0 Å². The van der Waals surface area contributed by atoms with Crippen molar-refractivity contribution in [1.29, 1.82) is 0 Å². The van der Waals surface area contributed by atoms with Gasteiger partial charge in [0.2, 0.25) is 5.91 Å². The van der Waals surface area contributed by atoms with Gasteiger partial charge in [-0.2, -0.15) is 0 Å². The van der Waals surface area contributed by atoms with Gasteiger partial charge in [0.25, 0.3) is 0 Å². The molecule has 0 atom stereocenters. The number of aryl methyl sites for hydroxylation is 1. The molecule has 3 N–H and O–H groups in total. The van der Waals surface area contributed by atoms with E-state index in [1.807, 2.05) is 56.6 Å². The number of rotatable bonds is 8. The number of benzene rings is 2. The lowest BCUT2D eigenvalue weighted by molar-refractivity contribution is -0.125. The number of para-hydroxylation sites is 1. The zero-order chi connectivity index (χ0) is 27.4. The summed E-state index contributed by atoms with van der Waals surface area (Å²) in [7, 11) is 3.82. The Bertz CT molecular complexity index is 1650. The van der Waals surface area contributed by atoms with Crippen LogP contribution in [0.5, 0.6) is 0 Å². The van der Waals surface area contributed by atoms with Gasteiger partial charge >= 0.3 is 6.03 Å². The molecule has 0 radical (unpaired) electrons.